The quantitative estimate of drug-likeness (QED) is 0.623. The molecule has 7 nitrogen and oxygen atoms in total. The summed E-state index contributed by atoms with van der Waals surface area (Å²) in [5, 5.41) is 15.8. The zero-order chi connectivity index (χ0) is 14.9. The number of aromatic nitrogens is 6. The van der Waals surface area contributed by atoms with Gasteiger partial charge in [-0.3, -0.25) is 0 Å². The molecule has 1 aromatic carbocycles. The maximum Gasteiger partial charge on any atom is 0.205 e. The highest BCUT2D eigenvalue weighted by Crippen LogP contribution is 2.24. The summed E-state index contributed by atoms with van der Waals surface area (Å²) in [7, 11) is 0. The molecule has 4 aromatic rings. The van der Waals surface area contributed by atoms with E-state index in [4.69, 9.17) is 0 Å². The maximum absolute atomic E-state index is 4.51. The molecule has 0 spiro atoms. The molecule has 1 N–H and O–H groups in total. The van der Waals surface area contributed by atoms with E-state index < -0.39 is 0 Å². The standard InChI is InChI=1S/C15H13N7/c1-10(11-5-3-2-4-6-11)19-14-12-13(17-8-7-16-12)15-20-18-9-22(15)21-14/h2-10H,1H3,(H,19,21). The lowest BCUT2D eigenvalue weighted by Crippen LogP contribution is -2.11. The van der Waals surface area contributed by atoms with Gasteiger partial charge in [0.25, 0.3) is 0 Å². The van der Waals surface area contributed by atoms with Gasteiger partial charge in [-0.05, 0) is 12.5 Å². The zero-order valence-electron chi connectivity index (χ0n) is 11.9. The van der Waals surface area contributed by atoms with Gasteiger partial charge in [0.15, 0.2) is 5.82 Å². The van der Waals surface area contributed by atoms with Gasteiger partial charge >= 0.3 is 0 Å². The minimum absolute atomic E-state index is 0.0906. The van der Waals surface area contributed by atoms with Gasteiger partial charge in [-0.2, -0.15) is 4.52 Å². The lowest BCUT2D eigenvalue weighted by molar-refractivity contribution is 0.847. The minimum atomic E-state index is 0.0906. The summed E-state index contributed by atoms with van der Waals surface area (Å²) in [6.07, 6.45) is 4.85. The van der Waals surface area contributed by atoms with Gasteiger partial charge in [-0.1, -0.05) is 30.3 Å². The lowest BCUT2D eigenvalue weighted by Gasteiger charge is -2.15. The average molecular weight is 291 g/mol. The van der Waals surface area contributed by atoms with Gasteiger partial charge in [-0.15, -0.1) is 15.3 Å². The summed E-state index contributed by atoms with van der Waals surface area (Å²) in [6.45, 7) is 2.08. The second-order valence-corrected chi connectivity index (χ2v) is 4.98. The van der Waals surface area contributed by atoms with Crippen LogP contribution in [0.2, 0.25) is 0 Å². The molecule has 1 unspecified atom stereocenters. The van der Waals surface area contributed by atoms with E-state index in [1.54, 1.807) is 23.2 Å². The second-order valence-electron chi connectivity index (χ2n) is 4.98. The molecule has 3 aromatic heterocycles. The van der Waals surface area contributed by atoms with Crippen LogP contribution in [0.25, 0.3) is 16.7 Å². The molecule has 0 aliphatic heterocycles. The van der Waals surface area contributed by atoms with Crippen molar-refractivity contribution in [3.05, 3.63) is 54.6 Å². The van der Waals surface area contributed by atoms with E-state index in [1.165, 1.54) is 5.56 Å². The van der Waals surface area contributed by atoms with Crippen molar-refractivity contribution in [3.63, 3.8) is 0 Å². The third kappa shape index (κ3) is 2.03. The van der Waals surface area contributed by atoms with Crippen LogP contribution in [0.4, 0.5) is 5.82 Å². The molecule has 0 aliphatic carbocycles. The van der Waals surface area contributed by atoms with E-state index in [-0.39, 0.29) is 6.04 Å². The molecule has 22 heavy (non-hydrogen) atoms. The first-order chi connectivity index (χ1) is 10.8. The predicted molar refractivity (Wildman–Crippen MR) is 82.4 cm³/mol. The van der Waals surface area contributed by atoms with E-state index in [0.717, 1.165) is 0 Å². The van der Waals surface area contributed by atoms with Crippen molar-refractivity contribution in [1.29, 1.82) is 0 Å². The Labute approximate surface area is 126 Å². The highest BCUT2D eigenvalue weighted by molar-refractivity contribution is 5.93. The Balaban J connectivity index is 1.83. The first-order valence-electron chi connectivity index (χ1n) is 6.95. The maximum atomic E-state index is 4.51. The monoisotopic (exact) mass is 291 g/mol. The van der Waals surface area contributed by atoms with Gasteiger partial charge in [0.05, 0.1) is 6.04 Å². The SMILES string of the molecule is CC(Nc1nn2cnnc2c2nccnc12)c1ccccc1. The fourth-order valence-electron chi connectivity index (χ4n) is 2.42. The summed E-state index contributed by atoms with van der Waals surface area (Å²) in [4.78, 5) is 8.75. The van der Waals surface area contributed by atoms with E-state index in [1.807, 2.05) is 18.2 Å². The summed E-state index contributed by atoms with van der Waals surface area (Å²) < 4.78 is 1.61. The predicted octanol–water partition coefficient (Wildman–Crippen LogP) is 2.24. The molecule has 108 valence electrons. The highest BCUT2D eigenvalue weighted by Gasteiger charge is 2.14. The Kier molecular flexibility index (Phi) is 2.89. The second kappa shape index (κ2) is 5.03. The summed E-state index contributed by atoms with van der Waals surface area (Å²) in [5.41, 5.74) is 3.13. The number of nitrogens with zero attached hydrogens (tertiary/aromatic N) is 6. The van der Waals surface area contributed by atoms with Crippen LogP contribution in [-0.2, 0) is 0 Å². The number of fused-ring (bicyclic) bond motifs is 3. The number of benzene rings is 1. The Hall–Kier alpha value is -3.09. The zero-order valence-corrected chi connectivity index (χ0v) is 11.9. The third-order valence-corrected chi connectivity index (χ3v) is 3.53. The third-order valence-electron chi connectivity index (χ3n) is 3.53. The average Bonchev–Trinajstić information content (AvgIpc) is 3.04. The topological polar surface area (TPSA) is 80.9 Å². The Bertz CT molecular complexity index is 932. The first kappa shape index (κ1) is 12.6. The smallest absolute Gasteiger partial charge is 0.205 e. The molecule has 4 rings (SSSR count). The molecular formula is C15H13N7. The largest absolute Gasteiger partial charge is 0.360 e. The van der Waals surface area contributed by atoms with Gasteiger partial charge in [0.1, 0.15) is 17.4 Å². The van der Waals surface area contributed by atoms with Crippen molar-refractivity contribution in [2.24, 2.45) is 0 Å². The van der Waals surface area contributed by atoms with E-state index in [2.05, 4.69) is 49.6 Å². The molecule has 0 bridgehead atoms. The van der Waals surface area contributed by atoms with Crippen LogP contribution in [0.15, 0.2) is 49.1 Å². The molecule has 0 amide bonds. The molecule has 0 saturated heterocycles. The first-order valence-corrected chi connectivity index (χ1v) is 6.95. The lowest BCUT2D eigenvalue weighted by atomic mass is 10.1. The Morgan fingerprint density at radius 2 is 1.82 bits per heavy atom. The minimum Gasteiger partial charge on any atom is -0.360 e. The molecule has 0 aliphatic rings. The highest BCUT2D eigenvalue weighted by atomic mass is 15.4. The fraction of sp³-hybridized carbons (Fsp3) is 0.133. The van der Waals surface area contributed by atoms with Crippen molar-refractivity contribution in [1.82, 2.24) is 29.8 Å². The van der Waals surface area contributed by atoms with Gasteiger partial charge in [0.2, 0.25) is 5.65 Å². The van der Waals surface area contributed by atoms with Crippen LogP contribution < -0.4 is 5.32 Å². The number of hydrogen-bond acceptors (Lipinski definition) is 6. The number of hydrogen-bond donors (Lipinski definition) is 1. The van der Waals surface area contributed by atoms with Crippen LogP contribution in [0.1, 0.15) is 18.5 Å². The fourth-order valence-corrected chi connectivity index (χ4v) is 2.42. The van der Waals surface area contributed by atoms with Crippen LogP contribution >= 0.6 is 0 Å². The summed E-state index contributed by atoms with van der Waals surface area (Å²) in [5.74, 6) is 0.659. The van der Waals surface area contributed by atoms with Crippen molar-refractivity contribution < 1.29 is 0 Å². The molecular weight excluding hydrogens is 278 g/mol. The van der Waals surface area contributed by atoms with Crippen molar-refractivity contribution in [2.45, 2.75) is 13.0 Å². The van der Waals surface area contributed by atoms with Crippen LogP contribution in [0, 0.1) is 0 Å². The van der Waals surface area contributed by atoms with E-state index in [9.17, 15) is 0 Å². The van der Waals surface area contributed by atoms with E-state index >= 15 is 0 Å². The Morgan fingerprint density at radius 1 is 1.05 bits per heavy atom. The van der Waals surface area contributed by atoms with Gasteiger partial charge in [-0.25, -0.2) is 9.97 Å². The van der Waals surface area contributed by atoms with Crippen molar-refractivity contribution in [2.75, 3.05) is 5.32 Å². The van der Waals surface area contributed by atoms with Gasteiger partial charge < -0.3 is 5.32 Å². The van der Waals surface area contributed by atoms with Crippen LogP contribution in [0.5, 0.6) is 0 Å². The number of rotatable bonds is 3. The number of anilines is 1. The van der Waals surface area contributed by atoms with Crippen molar-refractivity contribution in [3.8, 4) is 0 Å². The Morgan fingerprint density at radius 3 is 2.64 bits per heavy atom. The molecule has 7 heteroatoms. The molecule has 3 heterocycles. The van der Waals surface area contributed by atoms with E-state index in [0.29, 0.717) is 22.5 Å². The molecule has 0 fully saturated rings. The van der Waals surface area contributed by atoms with Crippen LogP contribution in [0.3, 0.4) is 0 Å². The van der Waals surface area contributed by atoms with Crippen molar-refractivity contribution >= 4 is 22.5 Å². The number of nitrogens with one attached hydrogen (secondary N) is 1. The van der Waals surface area contributed by atoms with Crippen LogP contribution in [-0.4, -0.2) is 29.8 Å². The molecule has 0 radical (unpaired) electrons. The molecule has 0 saturated carbocycles. The summed E-state index contributed by atoms with van der Waals surface area (Å²) in [6, 6.07) is 10.3. The normalized spacial score (nSPS) is 12.6. The molecule has 1 atom stereocenters. The summed E-state index contributed by atoms with van der Waals surface area (Å²) >= 11 is 0. The van der Waals surface area contributed by atoms with Gasteiger partial charge in [0, 0.05) is 12.4 Å².